The lowest BCUT2D eigenvalue weighted by Gasteiger charge is -2.18. The number of esters is 3. The summed E-state index contributed by atoms with van der Waals surface area (Å²) in [7, 11) is 0. The van der Waals surface area contributed by atoms with Gasteiger partial charge in [0, 0.05) is 19.3 Å². The topological polar surface area (TPSA) is 78.9 Å². The molecule has 6 nitrogen and oxygen atoms in total. The molecule has 0 bridgehead atoms. The van der Waals surface area contributed by atoms with Gasteiger partial charge in [-0.3, -0.25) is 14.4 Å². The second-order valence-corrected chi connectivity index (χ2v) is 22.7. The first-order valence-electron chi connectivity index (χ1n) is 34.4. The van der Waals surface area contributed by atoms with E-state index in [1.54, 1.807) is 0 Å². The van der Waals surface area contributed by atoms with E-state index in [1.807, 2.05) is 6.08 Å². The Morgan fingerprint density at radius 3 is 0.840 bits per heavy atom. The molecule has 0 amide bonds. The minimum atomic E-state index is -0.809. The first kappa shape index (κ1) is 77.1. The monoisotopic (exact) mass is 1120 g/mol. The smallest absolute Gasteiger partial charge is 0.306 e. The highest BCUT2D eigenvalue weighted by atomic mass is 16.6. The quantitative estimate of drug-likeness (QED) is 0.0261. The van der Waals surface area contributed by atoms with Crippen molar-refractivity contribution < 1.29 is 28.6 Å². The van der Waals surface area contributed by atoms with Gasteiger partial charge in [-0.05, 0) is 109 Å². The summed E-state index contributed by atoms with van der Waals surface area (Å²) >= 11 is 0. The van der Waals surface area contributed by atoms with Crippen LogP contribution in [0, 0.1) is 0 Å². The highest BCUT2D eigenvalue weighted by molar-refractivity contribution is 5.71. The highest BCUT2D eigenvalue weighted by Crippen LogP contribution is 2.17. The fourth-order valence-electron chi connectivity index (χ4n) is 9.68. The predicted octanol–water partition coefficient (Wildman–Crippen LogP) is 23.8. The average molecular weight is 1130 g/mol. The van der Waals surface area contributed by atoms with Crippen molar-refractivity contribution in [1.29, 1.82) is 0 Å². The Hall–Kier alpha value is -3.93. The van der Waals surface area contributed by atoms with E-state index in [9.17, 15) is 14.4 Å². The summed E-state index contributed by atoms with van der Waals surface area (Å²) in [5.74, 6) is -0.976. The lowest BCUT2D eigenvalue weighted by atomic mass is 10.0. The van der Waals surface area contributed by atoms with Gasteiger partial charge in [0.25, 0.3) is 0 Å². The zero-order valence-electron chi connectivity index (χ0n) is 53.3. The normalized spacial score (nSPS) is 12.8. The zero-order valence-corrected chi connectivity index (χ0v) is 53.3. The van der Waals surface area contributed by atoms with E-state index in [0.29, 0.717) is 19.3 Å². The average Bonchev–Trinajstić information content (AvgIpc) is 3.46. The van der Waals surface area contributed by atoms with Crippen LogP contribution in [0.5, 0.6) is 0 Å². The Labute approximate surface area is 501 Å². The molecule has 0 heterocycles. The molecule has 0 aromatic rings. The van der Waals surface area contributed by atoms with Crippen molar-refractivity contribution in [3.63, 3.8) is 0 Å². The lowest BCUT2D eigenvalue weighted by molar-refractivity contribution is -0.166. The van der Waals surface area contributed by atoms with Gasteiger partial charge >= 0.3 is 17.9 Å². The molecule has 6 heteroatoms. The molecule has 464 valence electrons. The summed E-state index contributed by atoms with van der Waals surface area (Å²) in [6, 6.07) is 0. The Bertz CT molecular complexity index is 1620. The summed E-state index contributed by atoms with van der Waals surface area (Å²) in [6.07, 6.45) is 94.3. The van der Waals surface area contributed by atoms with Crippen LogP contribution in [0.4, 0.5) is 0 Å². The van der Waals surface area contributed by atoms with E-state index in [2.05, 4.69) is 124 Å². The number of hydrogen-bond donors (Lipinski definition) is 0. The first-order chi connectivity index (χ1) is 40.0. The van der Waals surface area contributed by atoms with Crippen LogP contribution in [-0.4, -0.2) is 37.2 Å². The minimum absolute atomic E-state index is 0.0990. The summed E-state index contributed by atoms with van der Waals surface area (Å²) in [6.45, 7) is 6.37. The number of unbranched alkanes of at least 4 members (excludes halogenated alkanes) is 33. The van der Waals surface area contributed by atoms with Crippen LogP contribution in [0.1, 0.15) is 329 Å². The van der Waals surface area contributed by atoms with E-state index in [0.717, 1.165) is 89.9 Å². The van der Waals surface area contributed by atoms with Crippen LogP contribution >= 0.6 is 0 Å². The van der Waals surface area contributed by atoms with Crippen molar-refractivity contribution in [3.05, 3.63) is 109 Å². The molecule has 0 rings (SSSR count). The van der Waals surface area contributed by atoms with Gasteiger partial charge in [-0.2, -0.15) is 0 Å². The van der Waals surface area contributed by atoms with Crippen LogP contribution < -0.4 is 0 Å². The van der Waals surface area contributed by atoms with Gasteiger partial charge < -0.3 is 14.2 Å². The molecule has 0 saturated heterocycles. The van der Waals surface area contributed by atoms with Gasteiger partial charge in [-0.1, -0.05) is 310 Å². The van der Waals surface area contributed by atoms with Gasteiger partial charge in [-0.15, -0.1) is 0 Å². The third-order valence-electron chi connectivity index (χ3n) is 14.8. The van der Waals surface area contributed by atoms with Crippen LogP contribution in [0.2, 0.25) is 0 Å². The predicted molar refractivity (Wildman–Crippen MR) is 353 cm³/mol. The Balaban J connectivity index is 4.19. The number of ether oxygens (including phenoxy) is 3. The van der Waals surface area contributed by atoms with Crippen molar-refractivity contribution in [1.82, 2.24) is 0 Å². The van der Waals surface area contributed by atoms with Crippen LogP contribution in [0.3, 0.4) is 0 Å². The molecule has 0 aliphatic heterocycles. The fourth-order valence-corrected chi connectivity index (χ4v) is 9.68. The molecular formula is C75H128O6. The number of rotatable bonds is 62. The van der Waals surface area contributed by atoms with Gasteiger partial charge in [0.05, 0.1) is 0 Å². The molecule has 0 saturated carbocycles. The maximum Gasteiger partial charge on any atom is 0.306 e. The maximum atomic E-state index is 12.9. The van der Waals surface area contributed by atoms with E-state index in [1.165, 1.54) is 193 Å². The molecule has 1 atom stereocenters. The van der Waals surface area contributed by atoms with E-state index in [-0.39, 0.29) is 37.5 Å². The van der Waals surface area contributed by atoms with Crippen LogP contribution in [0.25, 0.3) is 0 Å². The van der Waals surface area contributed by atoms with Gasteiger partial charge in [-0.25, -0.2) is 0 Å². The molecule has 0 spiro atoms. The second-order valence-electron chi connectivity index (χ2n) is 22.7. The Kier molecular flexibility index (Phi) is 65.2. The standard InChI is InChI=1S/C75H128O6/c1-4-7-10-13-16-19-22-25-27-29-30-31-32-33-34-35-36-37-38-39-40-41-42-43-44-46-47-50-53-56-59-62-65-68-74(77)80-71-72(70-79-73(76)67-64-61-58-55-52-49-24-21-18-15-12-9-6-3)81-75(78)69-66-63-60-57-54-51-48-45-28-26-23-20-17-14-11-8-5-2/h7,9-10,12,16,18-19,21,25-28,30-31,49,52,58,61,72H,4-6,8,11,13-15,17,20,22-24,29,32-48,50-51,53-57,59-60,62-71H2,1-3H3/b10-7-,12-9-,19-16-,21-18-,27-25-,28-26-,31-30-,52-49-,61-58-. The third-order valence-corrected chi connectivity index (χ3v) is 14.8. The van der Waals surface area contributed by atoms with Crippen LogP contribution in [-0.2, 0) is 28.6 Å². The molecule has 1 unspecified atom stereocenters. The lowest BCUT2D eigenvalue weighted by Crippen LogP contribution is -2.30. The minimum Gasteiger partial charge on any atom is -0.462 e. The molecule has 0 aliphatic rings. The highest BCUT2D eigenvalue weighted by Gasteiger charge is 2.19. The van der Waals surface area contributed by atoms with Crippen molar-refractivity contribution in [3.8, 4) is 0 Å². The Morgan fingerprint density at radius 2 is 0.506 bits per heavy atom. The number of carbonyl (C=O) groups is 3. The zero-order chi connectivity index (χ0) is 58.5. The molecule has 0 radical (unpaired) electrons. The molecule has 0 aromatic carbocycles. The molecule has 0 fully saturated rings. The number of allylic oxidation sites excluding steroid dienone is 18. The number of hydrogen-bond acceptors (Lipinski definition) is 6. The Morgan fingerprint density at radius 1 is 0.259 bits per heavy atom. The van der Waals surface area contributed by atoms with Crippen LogP contribution in [0.15, 0.2) is 109 Å². The SMILES string of the molecule is CC/C=C\C/C=C\C/C=C\C/C=C\CCCCCCCCCCCCCCCCCCCCCCC(=O)OCC(COC(=O)CC/C=C\C/C=C\C/C=C\C/C=C\CC)OC(=O)CCCCCCCCC/C=C\CCCCCCCC. The molecule has 0 aliphatic carbocycles. The van der Waals surface area contributed by atoms with E-state index < -0.39 is 6.10 Å². The van der Waals surface area contributed by atoms with Crippen molar-refractivity contribution in [2.24, 2.45) is 0 Å². The van der Waals surface area contributed by atoms with Gasteiger partial charge in [0.15, 0.2) is 6.10 Å². The maximum absolute atomic E-state index is 12.9. The van der Waals surface area contributed by atoms with Crippen molar-refractivity contribution in [2.45, 2.75) is 335 Å². The molecule has 0 aromatic heterocycles. The summed E-state index contributed by atoms with van der Waals surface area (Å²) < 4.78 is 16.9. The van der Waals surface area contributed by atoms with Crippen molar-refractivity contribution in [2.75, 3.05) is 13.2 Å². The van der Waals surface area contributed by atoms with E-state index in [4.69, 9.17) is 14.2 Å². The summed E-state index contributed by atoms with van der Waals surface area (Å²) in [4.78, 5) is 38.3. The summed E-state index contributed by atoms with van der Waals surface area (Å²) in [5, 5.41) is 0. The van der Waals surface area contributed by atoms with E-state index >= 15 is 0 Å². The van der Waals surface area contributed by atoms with Crippen molar-refractivity contribution >= 4 is 17.9 Å². The third kappa shape index (κ3) is 66.8. The number of carbonyl (C=O) groups excluding carboxylic acids is 3. The largest absolute Gasteiger partial charge is 0.462 e. The molecule has 0 N–H and O–H groups in total. The second kappa shape index (κ2) is 68.6. The van der Waals surface area contributed by atoms with Gasteiger partial charge in [0.1, 0.15) is 13.2 Å². The molecular weight excluding hydrogens is 997 g/mol. The summed E-state index contributed by atoms with van der Waals surface area (Å²) in [5.41, 5.74) is 0. The molecule has 81 heavy (non-hydrogen) atoms. The first-order valence-corrected chi connectivity index (χ1v) is 34.4. The van der Waals surface area contributed by atoms with Gasteiger partial charge in [0.2, 0.25) is 0 Å². The fraction of sp³-hybridized carbons (Fsp3) is 0.720.